The Kier molecular flexibility index (Phi) is 4.30. The molecule has 0 aliphatic carbocycles. The minimum atomic E-state index is -0.0244. The van der Waals surface area contributed by atoms with Crippen LogP contribution in [0.25, 0.3) is 0 Å². The first kappa shape index (κ1) is 13.4. The van der Waals surface area contributed by atoms with E-state index < -0.39 is 0 Å². The Morgan fingerprint density at radius 2 is 2.33 bits per heavy atom. The van der Waals surface area contributed by atoms with E-state index in [1.54, 1.807) is 16.8 Å². The summed E-state index contributed by atoms with van der Waals surface area (Å²) >= 11 is 6.08. The van der Waals surface area contributed by atoms with Crippen LogP contribution in [-0.4, -0.2) is 23.8 Å². The number of pyridine rings is 1. The van der Waals surface area contributed by atoms with Gasteiger partial charge in [0.2, 0.25) is 0 Å². The maximum Gasteiger partial charge on any atom is 0.274 e. The Morgan fingerprint density at radius 1 is 1.56 bits per heavy atom. The summed E-state index contributed by atoms with van der Waals surface area (Å²) in [4.78, 5) is 12.3. The summed E-state index contributed by atoms with van der Waals surface area (Å²) in [6.45, 7) is 5.35. The molecule has 1 unspecified atom stereocenters. The van der Waals surface area contributed by atoms with Gasteiger partial charge in [0.25, 0.3) is 5.56 Å². The van der Waals surface area contributed by atoms with Crippen molar-refractivity contribution < 1.29 is 4.74 Å². The molecule has 2 rings (SSSR count). The van der Waals surface area contributed by atoms with Gasteiger partial charge in [0.15, 0.2) is 0 Å². The van der Waals surface area contributed by atoms with Gasteiger partial charge in [-0.2, -0.15) is 0 Å². The number of ether oxygens (including phenoxy) is 1. The van der Waals surface area contributed by atoms with E-state index in [2.05, 4.69) is 5.32 Å². The molecule has 2 heterocycles. The molecule has 1 atom stereocenters. The molecule has 0 amide bonds. The van der Waals surface area contributed by atoms with Crippen LogP contribution in [-0.2, 0) is 4.74 Å². The first-order valence-electron chi connectivity index (χ1n) is 6.34. The SMILES string of the molecule is CC(C)Nc1cc(Cl)cn(C2CCCOC2)c1=O. The fourth-order valence-electron chi connectivity index (χ4n) is 2.20. The molecule has 1 fully saturated rings. The Hall–Kier alpha value is -1.00. The Labute approximate surface area is 112 Å². The van der Waals surface area contributed by atoms with E-state index in [1.165, 1.54) is 0 Å². The summed E-state index contributed by atoms with van der Waals surface area (Å²) in [5, 5.41) is 3.71. The lowest BCUT2D eigenvalue weighted by Gasteiger charge is -2.25. The van der Waals surface area contributed by atoms with Crippen molar-refractivity contribution in [3.8, 4) is 0 Å². The van der Waals surface area contributed by atoms with E-state index in [0.29, 0.717) is 17.3 Å². The first-order chi connectivity index (χ1) is 8.58. The molecule has 1 N–H and O–H groups in total. The highest BCUT2D eigenvalue weighted by atomic mass is 35.5. The van der Waals surface area contributed by atoms with Crippen molar-refractivity contribution >= 4 is 17.3 Å². The molecule has 1 aromatic rings. The topological polar surface area (TPSA) is 43.3 Å². The number of hydrogen-bond acceptors (Lipinski definition) is 3. The van der Waals surface area contributed by atoms with E-state index in [-0.39, 0.29) is 17.6 Å². The summed E-state index contributed by atoms with van der Waals surface area (Å²) in [5.74, 6) is 0. The Morgan fingerprint density at radius 3 is 2.94 bits per heavy atom. The van der Waals surface area contributed by atoms with Crippen LogP contribution in [0.5, 0.6) is 0 Å². The van der Waals surface area contributed by atoms with Crippen molar-refractivity contribution in [3.63, 3.8) is 0 Å². The third-order valence-electron chi connectivity index (χ3n) is 2.98. The molecule has 0 radical (unpaired) electrons. The normalized spacial score (nSPS) is 20.1. The highest BCUT2D eigenvalue weighted by Crippen LogP contribution is 2.21. The lowest BCUT2D eigenvalue weighted by Crippen LogP contribution is -2.32. The van der Waals surface area contributed by atoms with E-state index in [9.17, 15) is 4.79 Å². The summed E-state index contributed by atoms with van der Waals surface area (Å²) < 4.78 is 7.13. The standard InChI is InChI=1S/C13H19ClN2O2/c1-9(2)15-12-6-10(14)7-16(13(12)17)11-4-3-5-18-8-11/h6-7,9,11,15H,3-5,8H2,1-2H3. The monoisotopic (exact) mass is 270 g/mol. The molecule has 18 heavy (non-hydrogen) atoms. The van der Waals surface area contributed by atoms with Gasteiger partial charge in [0.05, 0.1) is 17.7 Å². The third-order valence-corrected chi connectivity index (χ3v) is 3.19. The lowest BCUT2D eigenvalue weighted by atomic mass is 10.1. The molecule has 1 saturated heterocycles. The van der Waals surface area contributed by atoms with Crippen molar-refractivity contribution in [2.45, 2.75) is 38.8 Å². The zero-order valence-corrected chi connectivity index (χ0v) is 11.5. The van der Waals surface area contributed by atoms with Crippen LogP contribution in [0.4, 0.5) is 5.69 Å². The van der Waals surface area contributed by atoms with Crippen molar-refractivity contribution in [2.75, 3.05) is 18.5 Å². The van der Waals surface area contributed by atoms with Gasteiger partial charge in [-0.1, -0.05) is 11.6 Å². The Bertz CT molecular complexity index is 465. The maximum absolute atomic E-state index is 12.3. The van der Waals surface area contributed by atoms with Crippen molar-refractivity contribution in [1.29, 1.82) is 0 Å². The van der Waals surface area contributed by atoms with Crippen molar-refractivity contribution in [1.82, 2.24) is 4.57 Å². The van der Waals surface area contributed by atoms with Gasteiger partial charge >= 0.3 is 0 Å². The molecule has 100 valence electrons. The maximum atomic E-state index is 12.3. The second-order valence-electron chi connectivity index (χ2n) is 4.95. The van der Waals surface area contributed by atoms with E-state index >= 15 is 0 Å². The predicted molar refractivity (Wildman–Crippen MR) is 73.6 cm³/mol. The van der Waals surface area contributed by atoms with E-state index in [4.69, 9.17) is 16.3 Å². The van der Waals surface area contributed by atoms with Crippen LogP contribution < -0.4 is 10.9 Å². The smallest absolute Gasteiger partial charge is 0.274 e. The molecule has 0 aromatic carbocycles. The summed E-state index contributed by atoms with van der Waals surface area (Å²) in [6, 6.07) is 1.98. The van der Waals surface area contributed by atoms with Gasteiger partial charge in [-0.3, -0.25) is 4.79 Å². The molecule has 0 bridgehead atoms. The number of halogens is 1. The minimum absolute atomic E-state index is 0.0244. The van der Waals surface area contributed by atoms with Gasteiger partial charge in [0, 0.05) is 18.8 Å². The van der Waals surface area contributed by atoms with Gasteiger partial charge in [0.1, 0.15) is 5.69 Å². The van der Waals surface area contributed by atoms with Crippen LogP contribution in [0.1, 0.15) is 32.7 Å². The van der Waals surface area contributed by atoms with Gasteiger partial charge in [-0.25, -0.2) is 0 Å². The summed E-state index contributed by atoms with van der Waals surface area (Å²) in [7, 11) is 0. The number of nitrogens with one attached hydrogen (secondary N) is 1. The number of rotatable bonds is 3. The Balaban J connectivity index is 2.34. The highest BCUT2D eigenvalue weighted by molar-refractivity contribution is 6.30. The van der Waals surface area contributed by atoms with Crippen LogP contribution in [0.3, 0.4) is 0 Å². The third kappa shape index (κ3) is 3.06. The van der Waals surface area contributed by atoms with Crippen LogP contribution in [0.2, 0.25) is 5.02 Å². The minimum Gasteiger partial charge on any atom is -0.379 e. The molecule has 1 aromatic heterocycles. The number of nitrogens with zero attached hydrogens (tertiary/aromatic N) is 1. The predicted octanol–water partition coefficient (Wildman–Crippen LogP) is 2.67. The fourth-order valence-corrected chi connectivity index (χ4v) is 2.41. The summed E-state index contributed by atoms with van der Waals surface area (Å²) in [6.07, 6.45) is 3.65. The molecule has 1 aliphatic heterocycles. The first-order valence-corrected chi connectivity index (χ1v) is 6.71. The summed E-state index contributed by atoms with van der Waals surface area (Å²) in [5.41, 5.74) is 0.534. The average molecular weight is 271 g/mol. The van der Waals surface area contributed by atoms with Crippen LogP contribution >= 0.6 is 11.6 Å². The van der Waals surface area contributed by atoms with Crippen molar-refractivity contribution in [2.24, 2.45) is 0 Å². The molecule has 0 saturated carbocycles. The molecule has 0 spiro atoms. The highest BCUT2D eigenvalue weighted by Gasteiger charge is 2.18. The van der Waals surface area contributed by atoms with Gasteiger partial charge in [-0.05, 0) is 32.8 Å². The molecular weight excluding hydrogens is 252 g/mol. The number of aromatic nitrogens is 1. The van der Waals surface area contributed by atoms with Crippen molar-refractivity contribution in [3.05, 3.63) is 27.6 Å². The second kappa shape index (κ2) is 5.76. The molecule has 5 heteroatoms. The van der Waals surface area contributed by atoms with E-state index in [0.717, 1.165) is 19.4 Å². The van der Waals surface area contributed by atoms with Gasteiger partial charge < -0.3 is 14.6 Å². The lowest BCUT2D eigenvalue weighted by molar-refractivity contribution is 0.0581. The zero-order valence-electron chi connectivity index (χ0n) is 10.8. The number of anilines is 1. The average Bonchev–Trinajstić information content (AvgIpc) is 2.34. The van der Waals surface area contributed by atoms with Gasteiger partial charge in [-0.15, -0.1) is 0 Å². The largest absolute Gasteiger partial charge is 0.379 e. The molecule has 1 aliphatic rings. The quantitative estimate of drug-likeness (QED) is 0.918. The fraction of sp³-hybridized carbons (Fsp3) is 0.615. The number of hydrogen-bond donors (Lipinski definition) is 1. The van der Waals surface area contributed by atoms with Crippen LogP contribution in [0, 0.1) is 0 Å². The molecular formula is C13H19ClN2O2. The molecule has 4 nitrogen and oxygen atoms in total. The zero-order chi connectivity index (χ0) is 13.1. The van der Waals surface area contributed by atoms with Crippen LogP contribution in [0.15, 0.2) is 17.1 Å². The van der Waals surface area contributed by atoms with E-state index in [1.807, 2.05) is 13.8 Å². The second-order valence-corrected chi connectivity index (χ2v) is 5.39.